The number of carbonyl (C=O) groups is 1. The molecule has 1 rings (SSSR count). The number of hydrogen-bond donors (Lipinski definition) is 0. The first-order chi connectivity index (χ1) is 8.49. The fourth-order valence-corrected chi connectivity index (χ4v) is 1.67. The molecule has 0 atom stereocenters. The summed E-state index contributed by atoms with van der Waals surface area (Å²) in [6.45, 7) is 8.01. The molecule has 0 bridgehead atoms. The minimum atomic E-state index is -0.352. The van der Waals surface area contributed by atoms with E-state index < -0.39 is 0 Å². The molecule has 0 aliphatic heterocycles. The van der Waals surface area contributed by atoms with Gasteiger partial charge >= 0.3 is 6.09 Å². The number of rotatable bonds is 4. The molecular weight excluding hydrogens is 228 g/mol. The van der Waals surface area contributed by atoms with E-state index in [4.69, 9.17) is 4.74 Å². The van der Waals surface area contributed by atoms with E-state index in [0.717, 1.165) is 24.3 Å². The van der Waals surface area contributed by atoms with E-state index in [1.807, 2.05) is 19.1 Å². The minimum Gasteiger partial charge on any atom is -0.410 e. The van der Waals surface area contributed by atoms with Crippen LogP contribution in [0.3, 0.4) is 0 Å². The molecule has 4 nitrogen and oxygen atoms in total. The first-order valence-electron chi connectivity index (χ1n) is 6.24. The molecule has 0 N–H and O–H groups in total. The number of nitrogens with zero attached hydrogens (tertiary/aromatic N) is 2. The van der Waals surface area contributed by atoms with Gasteiger partial charge in [-0.15, -0.1) is 0 Å². The summed E-state index contributed by atoms with van der Waals surface area (Å²) < 4.78 is 5.35. The summed E-state index contributed by atoms with van der Waals surface area (Å²) in [5.41, 5.74) is 2.04. The Hall–Kier alpha value is -1.71. The molecule has 0 saturated carbocycles. The van der Waals surface area contributed by atoms with Crippen molar-refractivity contribution in [2.45, 2.75) is 20.8 Å². The topological polar surface area (TPSA) is 32.8 Å². The lowest BCUT2D eigenvalue weighted by atomic mass is 10.2. The number of amides is 1. The van der Waals surface area contributed by atoms with Crippen molar-refractivity contribution in [3.05, 3.63) is 23.8 Å². The van der Waals surface area contributed by atoms with Crippen molar-refractivity contribution < 1.29 is 9.53 Å². The van der Waals surface area contributed by atoms with Crippen LogP contribution in [-0.2, 0) is 0 Å². The number of carbonyl (C=O) groups excluding carboxylic acids is 1. The van der Waals surface area contributed by atoms with Crippen LogP contribution in [0.5, 0.6) is 5.75 Å². The van der Waals surface area contributed by atoms with Gasteiger partial charge in [-0.25, -0.2) is 4.79 Å². The van der Waals surface area contributed by atoms with Crippen LogP contribution in [-0.4, -0.2) is 38.2 Å². The average molecular weight is 250 g/mol. The van der Waals surface area contributed by atoms with Gasteiger partial charge in [0.2, 0.25) is 0 Å². The summed E-state index contributed by atoms with van der Waals surface area (Å²) >= 11 is 0. The highest BCUT2D eigenvalue weighted by molar-refractivity contribution is 5.71. The fourth-order valence-electron chi connectivity index (χ4n) is 1.67. The van der Waals surface area contributed by atoms with Gasteiger partial charge in [-0.2, -0.15) is 0 Å². The van der Waals surface area contributed by atoms with E-state index >= 15 is 0 Å². The number of anilines is 1. The van der Waals surface area contributed by atoms with E-state index in [1.54, 1.807) is 14.1 Å². The quantitative estimate of drug-likeness (QED) is 0.823. The van der Waals surface area contributed by atoms with Crippen LogP contribution in [0.2, 0.25) is 0 Å². The highest BCUT2D eigenvalue weighted by Gasteiger charge is 2.11. The minimum absolute atomic E-state index is 0.352. The molecule has 4 heteroatoms. The van der Waals surface area contributed by atoms with Crippen LogP contribution in [0.4, 0.5) is 10.5 Å². The highest BCUT2D eigenvalue weighted by Crippen LogP contribution is 2.25. The van der Waals surface area contributed by atoms with Crippen molar-refractivity contribution in [3.8, 4) is 5.75 Å². The zero-order chi connectivity index (χ0) is 13.7. The Labute approximate surface area is 109 Å². The Morgan fingerprint density at radius 3 is 2.33 bits per heavy atom. The largest absolute Gasteiger partial charge is 0.414 e. The summed E-state index contributed by atoms with van der Waals surface area (Å²) in [6.07, 6.45) is -0.352. The number of aryl methyl sites for hydroxylation is 1. The summed E-state index contributed by atoms with van der Waals surface area (Å²) in [6, 6.07) is 5.95. The van der Waals surface area contributed by atoms with E-state index in [0.29, 0.717) is 5.75 Å². The fraction of sp³-hybridized carbons (Fsp3) is 0.500. The van der Waals surface area contributed by atoms with Crippen molar-refractivity contribution in [1.82, 2.24) is 4.90 Å². The molecule has 0 radical (unpaired) electrons. The van der Waals surface area contributed by atoms with Crippen molar-refractivity contribution in [1.29, 1.82) is 0 Å². The van der Waals surface area contributed by atoms with E-state index in [-0.39, 0.29) is 6.09 Å². The van der Waals surface area contributed by atoms with Crippen LogP contribution in [0.25, 0.3) is 0 Å². The maximum absolute atomic E-state index is 11.6. The maximum Gasteiger partial charge on any atom is 0.414 e. The van der Waals surface area contributed by atoms with Crippen LogP contribution in [0.1, 0.15) is 19.4 Å². The summed E-state index contributed by atoms with van der Waals surface area (Å²) in [4.78, 5) is 15.2. The molecule has 100 valence electrons. The van der Waals surface area contributed by atoms with Crippen LogP contribution in [0.15, 0.2) is 18.2 Å². The lowest BCUT2D eigenvalue weighted by Gasteiger charge is -2.22. The summed E-state index contributed by atoms with van der Waals surface area (Å²) in [7, 11) is 3.35. The van der Waals surface area contributed by atoms with Crippen LogP contribution >= 0.6 is 0 Å². The van der Waals surface area contributed by atoms with Gasteiger partial charge in [-0.05, 0) is 32.4 Å². The van der Waals surface area contributed by atoms with Crippen LogP contribution < -0.4 is 9.64 Å². The third kappa shape index (κ3) is 3.39. The molecular formula is C14H22N2O2. The van der Waals surface area contributed by atoms with E-state index in [2.05, 4.69) is 24.8 Å². The van der Waals surface area contributed by atoms with Crippen molar-refractivity contribution >= 4 is 11.8 Å². The molecule has 0 fully saturated rings. The Morgan fingerprint density at radius 2 is 1.83 bits per heavy atom. The van der Waals surface area contributed by atoms with Crippen LogP contribution in [0, 0.1) is 6.92 Å². The normalized spacial score (nSPS) is 10.1. The van der Waals surface area contributed by atoms with Crippen molar-refractivity contribution in [2.75, 3.05) is 32.1 Å². The number of benzene rings is 1. The van der Waals surface area contributed by atoms with Gasteiger partial charge in [-0.1, -0.05) is 6.07 Å². The van der Waals surface area contributed by atoms with Gasteiger partial charge < -0.3 is 14.5 Å². The second kappa shape index (κ2) is 6.28. The zero-order valence-corrected chi connectivity index (χ0v) is 11.9. The SMILES string of the molecule is CCN(CC)c1ccc(C)c(OC(=O)N(C)C)c1. The van der Waals surface area contributed by atoms with Crippen molar-refractivity contribution in [2.24, 2.45) is 0 Å². The summed E-state index contributed by atoms with van der Waals surface area (Å²) in [5, 5.41) is 0. The first kappa shape index (κ1) is 14.4. The molecule has 1 amide bonds. The first-order valence-corrected chi connectivity index (χ1v) is 6.24. The third-order valence-corrected chi connectivity index (χ3v) is 2.86. The second-order valence-electron chi connectivity index (χ2n) is 4.38. The average Bonchev–Trinajstić information content (AvgIpc) is 2.34. The molecule has 18 heavy (non-hydrogen) atoms. The van der Waals surface area contributed by atoms with Gasteiger partial charge in [0.15, 0.2) is 0 Å². The number of ether oxygens (including phenoxy) is 1. The molecule has 0 aliphatic carbocycles. The Balaban J connectivity index is 2.97. The highest BCUT2D eigenvalue weighted by atomic mass is 16.6. The maximum atomic E-state index is 11.6. The van der Waals surface area contributed by atoms with Gasteiger partial charge in [0.05, 0.1) is 0 Å². The second-order valence-corrected chi connectivity index (χ2v) is 4.38. The van der Waals surface area contributed by atoms with Crippen molar-refractivity contribution in [3.63, 3.8) is 0 Å². The molecule has 0 heterocycles. The monoisotopic (exact) mass is 250 g/mol. The van der Waals surface area contributed by atoms with Gasteiger partial charge in [0.25, 0.3) is 0 Å². The lowest BCUT2D eigenvalue weighted by Crippen LogP contribution is -2.26. The predicted octanol–water partition coefficient (Wildman–Crippen LogP) is 2.90. The summed E-state index contributed by atoms with van der Waals surface area (Å²) in [5.74, 6) is 0.623. The Bertz CT molecular complexity index is 412. The Kier molecular flexibility index (Phi) is 5.01. The molecule has 0 unspecified atom stereocenters. The molecule has 1 aromatic carbocycles. The standard InChI is InChI=1S/C14H22N2O2/c1-6-16(7-2)12-9-8-11(3)13(10-12)18-14(17)15(4)5/h8-10H,6-7H2,1-5H3. The van der Waals surface area contributed by atoms with E-state index in [1.165, 1.54) is 4.90 Å². The third-order valence-electron chi connectivity index (χ3n) is 2.86. The Morgan fingerprint density at radius 1 is 1.22 bits per heavy atom. The molecule has 0 saturated heterocycles. The van der Waals surface area contributed by atoms with Gasteiger partial charge in [-0.3, -0.25) is 0 Å². The molecule has 0 aromatic heterocycles. The predicted molar refractivity (Wildman–Crippen MR) is 74.5 cm³/mol. The zero-order valence-electron chi connectivity index (χ0n) is 11.9. The molecule has 1 aromatic rings. The smallest absolute Gasteiger partial charge is 0.410 e. The molecule has 0 aliphatic rings. The molecule has 0 spiro atoms. The number of hydrogen-bond acceptors (Lipinski definition) is 3. The van der Waals surface area contributed by atoms with E-state index in [9.17, 15) is 4.79 Å². The lowest BCUT2D eigenvalue weighted by molar-refractivity contribution is 0.171. The van der Waals surface area contributed by atoms with Gasteiger partial charge in [0.1, 0.15) is 5.75 Å². The van der Waals surface area contributed by atoms with Gasteiger partial charge in [0, 0.05) is 38.9 Å².